The lowest BCUT2D eigenvalue weighted by atomic mass is 10.00. The molecule has 1 fully saturated rings. The Morgan fingerprint density at radius 1 is 1.35 bits per heavy atom. The molecule has 1 amide bonds. The Bertz CT molecular complexity index is 607. The number of benzene rings is 1. The van der Waals surface area contributed by atoms with Gasteiger partial charge in [0.05, 0.1) is 11.6 Å². The molecule has 0 bridgehead atoms. The molecule has 0 spiro atoms. The van der Waals surface area contributed by atoms with E-state index in [0.717, 1.165) is 12.8 Å². The molecule has 126 valence electrons. The van der Waals surface area contributed by atoms with Crippen molar-refractivity contribution in [1.29, 1.82) is 0 Å². The Labute approximate surface area is 136 Å². The molecule has 5 heteroatoms. The van der Waals surface area contributed by atoms with E-state index < -0.39 is 11.4 Å². The summed E-state index contributed by atoms with van der Waals surface area (Å²) in [5.41, 5.74) is 0.254. The van der Waals surface area contributed by atoms with Crippen molar-refractivity contribution in [2.75, 3.05) is 6.54 Å². The number of carbonyl (C=O) groups is 2. The molecular weight excluding hydrogens is 297 g/mol. The lowest BCUT2D eigenvalue weighted by Gasteiger charge is -2.29. The molecule has 23 heavy (non-hydrogen) atoms. The van der Waals surface area contributed by atoms with Gasteiger partial charge in [-0.15, -0.1) is 0 Å². The number of hydrogen-bond acceptors (Lipinski definition) is 3. The van der Waals surface area contributed by atoms with Gasteiger partial charge >= 0.3 is 6.09 Å². The van der Waals surface area contributed by atoms with Gasteiger partial charge in [0.2, 0.25) is 0 Å². The van der Waals surface area contributed by atoms with Crippen molar-refractivity contribution in [1.82, 2.24) is 4.90 Å². The van der Waals surface area contributed by atoms with Gasteiger partial charge in [-0.05, 0) is 51.3 Å². The minimum atomic E-state index is -0.563. The van der Waals surface area contributed by atoms with Crippen molar-refractivity contribution < 1.29 is 18.7 Å². The van der Waals surface area contributed by atoms with E-state index >= 15 is 0 Å². The fourth-order valence-corrected chi connectivity index (χ4v) is 2.81. The summed E-state index contributed by atoms with van der Waals surface area (Å²) in [7, 11) is 0. The smallest absolute Gasteiger partial charge is 0.410 e. The molecule has 1 atom stereocenters. The third-order valence-electron chi connectivity index (χ3n) is 3.88. The molecule has 0 N–H and O–H groups in total. The van der Waals surface area contributed by atoms with Gasteiger partial charge < -0.3 is 9.64 Å². The van der Waals surface area contributed by atoms with E-state index in [9.17, 15) is 14.0 Å². The fraction of sp³-hybridized carbons (Fsp3) is 0.556. The summed E-state index contributed by atoms with van der Waals surface area (Å²) in [4.78, 5) is 25.6. The maximum Gasteiger partial charge on any atom is 0.410 e. The molecule has 1 aromatic carbocycles. The van der Waals surface area contributed by atoms with E-state index in [1.54, 1.807) is 17.9 Å². The minimum Gasteiger partial charge on any atom is -0.444 e. The number of rotatable bonds is 3. The van der Waals surface area contributed by atoms with Crippen molar-refractivity contribution in [2.24, 2.45) is 0 Å². The first-order valence-electron chi connectivity index (χ1n) is 8.05. The standard InChI is InChI=1S/C18H24FNO3/c1-5-16(21)13-9-8-12(11-14(13)19)15-7-6-10-20(15)17(22)23-18(2,3)4/h8-9,11,15H,5-7,10H2,1-4H3. The number of halogens is 1. The first kappa shape index (κ1) is 17.4. The summed E-state index contributed by atoms with van der Waals surface area (Å²) in [5, 5.41) is 0. The first-order chi connectivity index (χ1) is 10.7. The van der Waals surface area contributed by atoms with Gasteiger partial charge in [0, 0.05) is 13.0 Å². The van der Waals surface area contributed by atoms with Gasteiger partial charge in [-0.25, -0.2) is 9.18 Å². The second-order valence-corrected chi connectivity index (χ2v) is 6.85. The van der Waals surface area contributed by atoms with Gasteiger partial charge in [0.1, 0.15) is 11.4 Å². The number of amides is 1. The molecule has 1 heterocycles. The van der Waals surface area contributed by atoms with Crippen LogP contribution in [0.2, 0.25) is 0 Å². The maximum atomic E-state index is 14.2. The van der Waals surface area contributed by atoms with Crippen LogP contribution in [0.1, 0.15) is 68.9 Å². The van der Waals surface area contributed by atoms with Crippen LogP contribution < -0.4 is 0 Å². The van der Waals surface area contributed by atoms with Crippen LogP contribution in [0, 0.1) is 5.82 Å². The lowest BCUT2D eigenvalue weighted by Crippen LogP contribution is -2.36. The second kappa shape index (κ2) is 6.69. The van der Waals surface area contributed by atoms with Crippen molar-refractivity contribution in [3.63, 3.8) is 0 Å². The van der Waals surface area contributed by atoms with Crippen molar-refractivity contribution in [2.45, 2.75) is 58.6 Å². The molecule has 1 saturated heterocycles. The largest absolute Gasteiger partial charge is 0.444 e. The number of carbonyl (C=O) groups excluding carboxylic acids is 2. The number of ketones is 1. The van der Waals surface area contributed by atoms with E-state index in [0.29, 0.717) is 12.1 Å². The predicted octanol–water partition coefficient (Wildman–Crippen LogP) is 4.49. The third kappa shape index (κ3) is 4.09. The van der Waals surface area contributed by atoms with Gasteiger partial charge in [-0.3, -0.25) is 4.79 Å². The fourth-order valence-electron chi connectivity index (χ4n) is 2.81. The van der Waals surface area contributed by atoms with Crippen molar-refractivity contribution in [3.05, 3.63) is 35.1 Å². The second-order valence-electron chi connectivity index (χ2n) is 6.85. The monoisotopic (exact) mass is 321 g/mol. The van der Waals surface area contributed by atoms with Crippen molar-refractivity contribution in [3.8, 4) is 0 Å². The Morgan fingerprint density at radius 3 is 2.61 bits per heavy atom. The summed E-state index contributed by atoms with van der Waals surface area (Å²) in [5.74, 6) is -0.741. The molecule has 4 nitrogen and oxygen atoms in total. The average molecular weight is 321 g/mol. The summed E-state index contributed by atoms with van der Waals surface area (Å²) < 4.78 is 19.6. The lowest BCUT2D eigenvalue weighted by molar-refractivity contribution is 0.0224. The van der Waals surface area contributed by atoms with Crippen LogP contribution in [0.25, 0.3) is 0 Å². The highest BCUT2D eigenvalue weighted by molar-refractivity contribution is 5.96. The molecule has 1 aliphatic heterocycles. The van der Waals surface area contributed by atoms with Crippen LogP contribution in [0.3, 0.4) is 0 Å². The SMILES string of the molecule is CCC(=O)c1ccc(C2CCCN2C(=O)OC(C)(C)C)cc1F. The average Bonchev–Trinajstić information content (AvgIpc) is 2.94. The number of nitrogens with zero attached hydrogens (tertiary/aromatic N) is 1. The number of ether oxygens (including phenoxy) is 1. The Balaban J connectivity index is 2.21. The third-order valence-corrected chi connectivity index (χ3v) is 3.88. The molecular formula is C18H24FNO3. The van der Waals surface area contributed by atoms with Gasteiger partial charge in [0.15, 0.2) is 5.78 Å². The zero-order valence-electron chi connectivity index (χ0n) is 14.2. The number of likely N-dealkylation sites (tertiary alicyclic amines) is 1. The molecule has 0 saturated carbocycles. The van der Waals surface area contributed by atoms with Crippen LogP contribution in [-0.2, 0) is 4.74 Å². The van der Waals surface area contributed by atoms with Crippen LogP contribution in [-0.4, -0.2) is 28.9 Å². The predicted molar refractivity (Wildman–Crippen MR) is 85.9 cm³/mol. The van der Waals surface area contributed by atoms with Crippen LogP contribution in [0.4, 0.5) is 9.18 Å². The highest BCUT2D eigenvalue weighted by Crippen LogP contribution is 2.34. The van der Waals surface area contributed by atoms with Gasteiger partial charge in [-0.2, -0.15) is 0 Å². The van der Waals surface area contributed by atoms with E-state index in [2.05, 4.69) is 0 Å². The minimum absolute atomic E-state index is 0.109. The summed E-state index contributed by atoms with van der Waals surface area (Å²) in [6, 6.07) is 4.42. The summed E-state index contributed by atoms with van der Waals surface area (Å²) in [6.45, 7) is 7.76. The highest BCUT2D eigenvalue weighted by Gasteiger charge is 2.33. The van der Waals surface area contributed by atoms with Crippen LogP contribution >= 0.6 is 0 Å². The Morgan fingerprint density at radius 2 is 2.04 bits per heavy atom. The molecule has 0 aromatic heterocycles. The molecule has 1 unspecified atom stereocenters. The van der Waals surface area contributed by atoms with Crippen LogP contribution in [0.5, 0.6) is 0 Å². The zero-order valence-corrected chi connectivity index (χ0v) is 14.2. The topological polar surface area (TPSA) is 46.6 Å². The van der Waals surface area contributed by atoms with E-state index in [1.165, 1.54) is 12.1 Å². The Hall–Kier alpha value is -1.91. The molecule has 0 radical (unpaired) electrons. The van der Waals surface area contributed by atoms with Gasteiger partial charge in [0.25, 0.3) is 0 Å². The maximum absolute atomic E-state index is 14.2. The van der Waals surface area contributed by atoms with Gasteiger partial charge in [-0.1, -0.05) is 13.0 Å². The molecule has 1 aromatic rings. The molecule has 1 aliphatic rings. The number of Topliss-reactive ketones (excluding diaryl/α,β-unsaturated/α-hetero) is 1. The van der Waals surface area contributed by atoms with Crippen molar-refractivity contribution >= 4 is 11.9 Å². The first-order valence-corrected chi connectivity index (χ1v) is 8.05. The van der Waals surface area contributed by atoms with E-state index in [4.69, 9.17) is 4.74 Å². The quantitative estimate of drug-likeness (QED) is 0.771. The highest BCUT2D eigenvalue weighted by atomic mass is 19.1. The summed E-state index contributed by atoms with van der Waals surface area (Å²) in [6.07, 6.45) is 1.50. The van der Waals surface area contributed by atoms with Crippen LogP contribution in [0.15, 0.2) is 18.2 Å². The molecule has 0 aliphatic carbocycles. The van der Waals surface area contributed by atoms with E-state index in [-0.39, 0.29) is 29.9 Å². The summed E-state index contributed by atoms with van der Waals surface area (Å²) >= 11 is 0. The Kier molecular flexibility index (Phi) is 5.07. The normalized spacial score (nSPS) is 18.1. The molecule has 2 rings (SSSR count). The van der Waals surface area contributed by atoms with E-state index in [1.807, 2.05) is 20.8 Å². The zero-order chi connectivity index (χ0) is 17.2. The number of hydrogen-bond donors (Lipinski definition) is 0.